The van der Waals surface area contributed by atoms with Crippen molar-refractivity contribution in [2.45, 2.75) is 12.5 Å². The van der Waals surface area contributed by atoms with Crippen LogP contribution in [0.5, 0.6) is 0 Å². The SMILES string of the molecule is CC(O)(CO)c1ccc([B-](F)(F)F)cc1. The molecule has 0 heterocycles. The zero-order valence-corrected chi connectivity index (χ0v) is 8.12. The van der Waals surface area contributed by atoms with Crippen LogP contribution in [0.15, 0.2) is 24.3 Å². The third kappa shape index (κ3) is 2.73. The Labute approximate surface area is 85.4 Å². The molecule has 1 rings (SSSR count). The molecular weight excluding hydrogens is 208 g/mol. The molecule has 1 aromatic carbocycles. The minimum atomic E-state index is -5.01. The summed E-state index contributed by atoms with van der Waals surface area (Å²) in [5, 5.41) is 18.4. The Morgan fingerprint density at radius 1 is 1.20 bits per heavy atom. The third-order valence-electron chi connectivity index (χ3n) is 2.22. The van der Waals surface area contributed by atoms with E-state index in [1.165, 1.54) is 19.1 Å². The van der Waals surface area contributed by atoms with E-state index < -0.39 is 24.6 Å². The molecule has 1 aromatic rings. The third-order valence-corrected chi connectivity index (χ3v) is 2.22. The number of halogens is 3. The second-order valence-corrected chi connectivity index (χ2v) is 3.63. The summed E-state index contributed by atoms with van der Waals surface area (Å²) in [5.41, 5.74) is -1.96. The van der Waals surface area contributed by atoms with Gasteiger partial charge in [-0.05, 0) is 12.5 Å². The molecule has 1 atom stereocenters. The maximum absolute atomic E-state index is 12.2. The molecular formula is C9H11BF3O2-. The van der Waals surface area contributed by atoms with Crippen LogP contribution in [-0.2, 0) is 5.60 Å². The molecule has 0 radical (unpaired) electrons. The van der Waals surface area contributed by atoms with Crippen LogP contribution in [0.1, 0.15) is 12.5 Å². The lowest BCUT2D eigenvalue weighted by Crippen LogP contribution is -2.34. The average molecular weight is 219 g/mol. The van der Waals surface area contributed by atoms with Crippen molar-refractivity contribution in [1.29, 1.82) is 0 Å². The van der Waals surface area contributed by atoms with Gasteiger partial charge < -0.3 is 23.2 Å². The summed E-state index contributed by atoms with van der Waals surface area (Å²) in [5.74, 6) is 0. The zero-order valence-electron chi connectivity index (χ0n) is 8.12. The molecule has 0 fully saturated rings. The standard InChI is InChI=1S/C9H11BF3O2/c1-9(15,6-14)7-2-4-8(5-3-7)10(11,12)13/h2-5,14-15H,6H2,1H3/q-1. The topological polar surface area (TPSA) is 40.5 Å². The van der Waals surface area contributed by atoms with Crippen molar-refractivity contribution in [2.24, 2.45) is 0 Å². The largest absolute Gasteiger partial charge is 0.509 e. The summed E-state index contributed by atoms with van der Waals surface area (Å²) in [6.45, 7) is -4.21. The summed E-state index contributed by atoms with van der Waals surface area (Å²) in [6.07, 6.45) is 0. The van der Waals surface area contributed by atoms with Crippen LogP contribution >= 0.6 is 0 Å². The molecule has 84 valence electrons. The first-order chi connectivity index (χ1) is 6.77. The lowest BCUT2D eigenvalue weighted by molar-refractivity contribution is -0.00227. The van der Waals surface area contributed by atoms with Crippen LogP contribution in [0.3, 0.4) is 0 Å². The second kappa shape index (κ2) is 3.86. The predicted octanol–water partition coefficient (Wildman–Crippen LogP) is 0.941. The van der Waals surface area contributed by atoms with E-state index in [1.807, 2.05) is 0 Å². The van der Waals surface area contributed by atoms with E-state index in [2.05, 4.69) is 0 Å². The summed E-state index contributed by atoms with van der Waals surface area (Å²) < 4.78 is 36.7. The minimum absolute atomic E-state index is 0.258. The Morgan fingerprint density at radius 3 is 2.00 bits per heavy atom. The summed E-state index contributed by atoms with van der Waals surface area (Å²) in [4.78, 5) is 0. The van der Waals surface area contributed by atoms with Gasteiger partial charge in [0, 0.05) is 0 Å². The van der Waals surface area contributed by atoms with E-state index >= 15 is 0 Å². The molecule has 0 aliphatic heterocycles. The van der Waals surface area contributed by atoms with Crippen LogP contribution in [0.25, 0.3) is 0 Å². The minimum Gasteiger partial charge on any atom is -0.445 e. The molecule has 1 unspecified atom stereocenters. The van der Waals surface area contributed by atoms with Crippen LogP contribution in [0.2, 0.25) is 0 Å². The molecule has 0 aliphatic rings. The van der Waals surface area contributed by atoms with Crippen molar-refractivity contribution in [3.63, 3.8) is 0 Å². The van der Waals surface area contributed by atoms with E-state index in [0.29, 0.717) is 0 Å². The van der Waals surface area contributed by atoms with Gasteiger partial charge in [0.2, 0.25) is 0 Å². The van der Waals surface area contributed by atoms with Crippen molar-refractivity contribution in [1.82, 2.24) is 0 Å². The van der Waals surface area contributed by atoms with Gasteiger partial charge in [-0.3, -0.25) is 0 Å². The Bertz CT molecular complexity index is 332. The summed E-state index contributed by atoms with van der Waals surface area (Å²) in [7, 11) is 0. The first kappa shape index (κ1) is 12.1. The molecule has 6 heteroatoms. The first-order valence-corrected chi connectivity index (χ1v) is 4.41. The maximum atomic E-state index is 12.2. The average Bonchev–Trinajstić information content (AvgIpc) is 2.17. The lowest BCUT2D eigenvalue weighted by Gasteiger charge is -2.22. The molecule has 0 aromatic heterocycles. The Hall–Kier alpha value is -1.01. The monoisotopic (exact) mass is 219 g/mol. The molecule has 0 saturated carbocycles. The van der Waals surface area contributed by atoms with Crippen molar-refractivity contribution < 1.29 is 23.2 Å². The molecule has 0 bridgehead atoms. The van der Waals surface area contributed by atoms with Crippen LogP contribution in [0, 0.1) is 0 Å². The van der Waals surface area contributed by atoms with E-state index in [0.717, 1.165) is 12.1 Å². The van der Waals surface area contributed by atoms with Gasteiger partial charge in [0.1, 0.15) is 5.60 Å². The molecule has 15 heavy (non-hydrogen) atoms. The first-order valence-electron chi connectivity index (χ1n) is 4.41. The van der Waals surface area contributed by atoms with Gasteiger partial charge in [-0.2, -0.15) is 0 Å². The zero-order chi connectivity index (χ0) is 11.7. The maximum Gasteiger partial charge on any atom is 0.509 e. The number of hydrogen-bond acceptors (Lipinski definition) is 2. The van der Waals surface area contributed by atoms with Crippen LogP contribution in [0.4, 0.5) is 12.9 Å². The Morgan fingerprint density at radius 2 is 1.67 bits per heavy atom. The van der Waals surface area contributed by atoms with Crippen LogP contribution < -0.4 is 5.46 Å². The lowest BCUT2D eigenvalue weighted by atomic mass is 9.79. The molecule has 0 saturated heterocycles. The molecule has 2 nitrogen and oxygen atoms in total. The van der Waals surface area contributed by atoms with Crippen molar-refractivity contribution >= 4 is 12.4 Å². The van der Waals surface area contributed by atoms with E-state index in [4.69, 9.17) is 5.11 Å². The Balaban J connectivity index is 3.01. The van der Waals surface area contributed by atoms with Gasteiger partial charge >= 0.3 is 6.98 Å². The van der Waals surface area contributed by atoms with Gasteiger partial charge in [0.05, 0.1) is 6.61 Å². The number of hydrogen-bond donors (Lipinski definition) is 2. The number of benzene rings is 1. The smallest absolute Gasteiger partial charge is 0.445 e. The summed E-state index contributed by atoms with van der Waals surface area (Å²) in [6, 6.07) is 4.14. The van der Waals surface area contributed by atoms with Crippen molar-refractivity contribution in [2.75, 3.05) is 6.61 Å². The normalized spacial score (nSPS) is 16.1. The van der Waals surface area contributed by atoms with Gasteiger partial charge in [0.25, 0.3) is 0 Å². The number of aliphatic hydroxyl groups is 2. The van der Waals surface area contributed by atoms with Gasteiger partial charge in [-0.25, -0.2) is 0 Å². The Kier molecular flexibility index (Phi) is 3.11. The summed E-state index contributed by atoms with van der Waals surface area (Å²) >= 11 is 0. The van der Waals surface area contributed by atoms with E-state index in [-0.39, 0.29) is 5.56 Å². The fourth-order valence-electron chi connectivity index (χ4n) is 1.15. The highest BCUT2D eigenvalue weighted by molar-refractivity contribution is 6.73. The molecule has 2 N–H and O–H groups in total. The quantitative estimate of drug-likeness (QED) is 0.742. The predicted molar refractivity (Wildman–Crippen MR) is 51.8 cm³/mol. The number of aliphatic hydroxyl groups excluding tert-OH is 1. The highest BCUT2D eigenvalue weighted by Gasteiger charge is 2.27. The molecule has 0 amide bonds. The fraction of sp³-hybridized carbons (Fsp3) is 0.333. The van der Waals surface area contributed by atoms with Crippen LogP contribution in [-0.4, -0.2) is 23.8 Å². The highest BCUT2D eigenvalue weighted by atomic mass is 19.4. The van der Waals surface area contributed by atoms with Gasteiger partial charge in [-0.15, -0.1) is 5.46 Å². The number of rotatable bonds is 3. The second-order valence-electron chi connectivity index (χ2n) is 3.63. The fourth-order valence-corrected chi connectivity index (χ4v) is 1.15. The van der Waals surface area contributed by atoms with Crippen molar-refractivity contribution in [3.8, 4) is 0 Å². The van der Waals surface area contributed by atoms with Gasteiger partial charge in [-0.1, -0.05) is 24.3 Å². The highest BCUT2D eigenvalue weighted by Crippen LogP contribution is 2.19. The van der Waals surface area contributed by atoms with E-state index in [1.54, 1.807) is 0 Å². The van der Waals surface area contributed by atoms with Crippen molar-refractivity contribution in [3.05, 3.63) is 29.8 Å². The van der Waals surface area contributed by atoms with Gasteiger partial charge in [0.15, 0.2) is 0 Å². The molecule has 0 aliphatic carbocycles. The molecule has 0 spiro atoms. The van der Waals surface area contributed by atoms with E-state index in [9.17, 15) is 18.1 Å².